The molecule has 0 spiro atoms. The Morgan fingerprint density at radius 2 is 2.21 bits per heavy atom. The first kappa shape index (κ1) is 13.4. The van der Waals surface area contributed by atoms with E-state index < -0.39 is 0 Å². The summed E-state index contributed by atoms with van der Waals surface area (Å²) in [5, 5.41) is 13.6. The normalized spacial score (nSPS) is 12.6. The minimum Gasteiger partial charge on any atom is -0.497 e. The number of aromatic amines is 1. The molecule has 0 amide bonds. The molecule has 0 bridgehead atoms. The molecule has 0 saturated carbocycles. The molecule has 0 fully saturated rings. The van der Waals surface area contributed by atoms with Crippen molar-refractivity contribution < 1.29 is 4.74 Å². The third kappa shape index (κ3) is 2.88. The highest BCUT2D eigenvalue weighted by molar-refractivity contribution is 5.85. The molecule has 19 heavy (non-hydrogen) atoms. The van der Waals surface area contributed by atoms with Gasteiger partial charge in [0.05, 0.1) is 13.2 Å². The average molecular weight is 257 g/mol. The smallest absolute Gasteiger partial charge is 0.123 e. The van der Waals surface area contributed by atoms with Crippen LogP contribution in [0.3, 0.4) is 0 Å². The SMILES string of the molecule is COc1ccc2[nH]cc(C(C#N)NCC(C)C)c2c1. The highest BCUT2D eigenvalue weighted by Crippen LogP contribution is 2.27. The van der Waals surface area contributed by atoms with Crippen LogP contribution >= 0.6 is 0 Å². The summed E-state index contributed by atoms with van der Waals surface area (Å²) in [5.74, 6) is 1.31. The Labute approximate surface area is 113 Å². The first-order valence-electron chi connectivity index (χ1n) is 6.43. The fourth-order valence-electron chi connectivity index (χ4n) is 2.07. The van der Waals surface area contributed by atoms with Crippen LogP contribution in [-0.4, -0.2) is 18.6 Å². The second kappa shape index (κ2) is 5.77. The molecule has 1 atom stereocenters. The second-order valence-electron chi connectivity index (χ2n) is 5.02. The molecule has 2 rings (SSSR count). The molecule has 4 nitrogen and oxygen atoms in total. The number of nitrogens with one attached hydrogen (secondary N) is 2. The van der Waals surface area contributed by atoms with Gasteiger partial charge in [0.2, 0.25) is 0 Å². The number of ether oxygens (including phenoxy) is 1. The van der Waals surface area contributed by atoms with Crippen molar-refractivity contribution in [2.75, 3.05) is 13.7 Å². The zero-order valence-corrected chi connectivity index (χ0v) is 11.5. The number of fused-ring (bicyclic) bond motifs is 1. The van der Waals surface area contributed by atoms with Crippen molar-refractivity contribution in [2.24, 2.45) is 5.92 Å². The van der Waals surface area contributed by atoms with Crippen LogP contribution in [0.1, 0.15) is 25.5 Å². The van der Waals surface area contributed by atoms with Gasteiger partial charge in [-0.2, -0.15) is 5.26 Å². The predicted molar refractivity (Wildman–Crippen MR) is 76.0 cm³/mol. The summed E-state index contributed by atoms with van der Waals surface area (Å²) in [5.41, 5.74) is 1.99. The van der Waals surface area contributed by atoms with Gasteiger partial charge in [-0.15, -0.1) is 0 Å². The number of hydrogen-bond acceptors (Lipinski definition) is 3. The highest BCUT2D eigenvalue weighted by atomic mass is 16.5. The van der Waals surface area contributed by atoms with Crippen LogP contribution in [0.2, 0.25) is 0 Å². The minimum atomic E-state index is -0.303. The van der Waals surface area contributed by atoms with Crippen LogP contribution in [0.5, 0.6) is 5.75 Å². The van der Waals surface area contributed by atoms with E-state index in [4.69, 9.17) is 4.74 Å². The zero-order chi connectivity index (χ0) is 13.8. The van der Waals surface area contributed by atoms with E-state index in [2.05, 4.69) is 30.2 Å². The van der Waals surface area contributed by atoms with E-state index in [0.29, 0.717) is 5.92 Å². The fraction of sp³-hybridized carbons (Fsp3) is 0.400. The van der Waals surface area contributed by atoms with Gasteiger partial charge in [0.1, 0.15) is 11.8 Å². The van der Waals surface area contributed by atoms with Crippen molar-refractivity contribution in [2.45, 2.75) is 19.9 Å². The van der Waals surface area contributed by atoms with Crippen LogP contribution in [0.15, 0.2) is 24.4 Å². The number of rotatable bonds is 5. The monoisotopic (exact) mass is 257 g/mol. The van der Waals surface area contributed by atoms with Crippen molar-refractivity contribution in [3.05, 3.63) is 30.0 Å². The van der Waals surface area contributed by atoms with Crippen molar-refractivity contribution in [1.82, 2.24) is 10.3 Å². The molecule has 2 N–H and O–H groups in total. The average Bonchev–Trinajstić information content (AvgIpc) is 2.82. The quantitative estimate of drug-likeness (QED) is 0.865. The second-order valence-corrected chi connectivity index (χ2v) is 5.02. The fourth-order valence-corrected chi connectivity index (χ4v) is 2.07. The summed E-state index contributed by atoms with van der Waals surface area (Å²) in [6.45, 7) is 5.06. The summed E-state index contributed by atoms with van der Waals surface area (Å²) in [6.07, 6.45) is 1.89. The molecule has 0 aliphatic heterocycles. The van der Waals surface area contributed by atoms with Crippen molar-refractivity contribution >= 4 is 10.9 Å². The van der Waals surface area contributed by atoms with E-state index in [1.807, 2.05) is 24.4 Å². The number of methoxy groups -OCH3 is 1. The minimum absolute atomic E-state index is 0.303. The van der Waals surface area contributed by atoms with Gasteiger partial charge in [-0.1, -0.05) is 13.8 Å². The van der Waals surface area contributed by atoms with Gasteiger partial charge in [-0.3, -0.25) is 5.32 Å². The molecule has 0 aliphatic carbocycles. The molecular weight excluding hydrogens is 238 g/mol. The third-order valence-corrected chi connectivity index (χ3v) is 3.09. The van der Waals surface area contributed by atoms with Gasteiger partial charge < -0.3 is 9.72 Å². The maximum Gasteiger partial charge on any atom is 0.123 e. The van der Waals surface area contributed by atoms with Gasteiger partial charge >= 0.3 is 0 Å². The Balaban J connectivity index is 2.34. The number of nitrogens with zero attached hydrogens (tertiary/aromatic N) is 1. The molecule has 0 aliphatic rings. The Bertz CT molecular complexity index is 595. The number of hydrogen-bond donors (Lipinski definition) is 2. The molecule has 4 heteroatoms. The third-order valence-electron chi connectivity index (χ3n) is 3.09. The lowest BCUT2D eigenvalue weighted by Crippen LogP contribution is -2.24. The van der Waals surface area contributed by atoms with E-state index in [1.165, 1.54) is 0 Å². The Hall–Kier alpha value is -1.99. The van der Waals surface area contributed by atoms with E-state index in [1.54, 1.807) is 7.11 Å². The molecule has 100 valence electrons. The Kier molecular flexibility index (Phi) is 4.08. The van der Waals surface area contributed by atoms with Crippen LogP contribution in [0, 0.1) is 17.2 Å². The van der Waals surface area contributed by atoms with E-state index >= 15 is 0 Å². The highest BCUT2D eigenvalue weighted by Gasteiger charge is 2.15. The lowest BCUT2D eigenvalue weighted by molar-refractivity contribution is 0.415. The van der Waals surface area contributed by atoms with Crippen LogP contribution in [0.25, 0.3) is 10.9 Å². The number of benzene rings is 1. The standard InChI is InChI=1S/C15H19N3O/c1-10(2)8-17-15(7-16)13-9-18-14-5-4-11(19-3)6-12(13)14/h4-6,9-10,15,17-18H,8H2,1-3H3. The summed E-state index contributed by atoms with van der Waals surface area (Å²) < 4.78 is 5.24. The van der Waals surface area contributed by atoms with Gasteiger partial charge in [-0.25, -0.2) is 0 Å². The van der Waals surface area contributed by atoms with Gasteiger partial charge in [0, 0.05) is 22.7 Å². The topological polar surface area (TPSA) is 60.8 Å². The van der Waals surface area contributed by atoms with Gasteiger partial charge in [0.25, 0.3) is 0 Å². The van der Waals surface area contributed by atoms with Crippen molar-refractivity contribution in [1.29, 1.82) is 5.26 Å². The lowest BCUT2D eigenvalue weighted by atomic mass is 10.1. The summed E-state index contributed by atoms with van der Waals surface area (Å²) in [6, 6.07) is 7.85. The number of nitriles is 1. The van der Waals surface area contributed by atoms with Crippen molar-refractivity contribution in [3.63, 3.8) is 0 Å². The largest absolute Gasteiger partial charge is 0.497 e. The maximum absolute atomic E-state index is 9.34. The molecule has 0 radical (unpaired) electrons. The van der Waals surface area contributed by atoms with Gasteiger partial charge in [0.15, 0.2) is 0 Å². The maximum atomic E-state index is 9.34. The Morgan fingerprint density at radius 3 is 2.84 bits per heavy atom. The summed E-state index contributed by atoms with van der Waals surface area (Å²) >= 11 is 0. The molecule has 1 heterocycles. The van der Waals surface area contributed by atoms with E-state index in [0.717, 1.165) is 28.8 Å². The molecule has 2 aromatic rings. The van der Waals surface area contributed by atoms with Crippen LogP contribution in [0.4, 0.5) is 0 Å². The molecule has 0 saturated heterocycles. The van der Waals surface area contributed by atoms with Gasteiger partial charge in [-0.05, 0) is 30.7 Å². The Morgan fingerprint density at radius 1 is 1.42 bits per heavy atom. The van der Waals surface area contributed by atoms with Crippen LogP contribution < -0.4 is 10.1 Å². The first-order valence-corrected chi connectivity index (χ1v) is 6.43. The van der Waals surface area contributed by atoms with Crippen molar-refractivity contribution in [3.8, 4) is 11.8 Å². The summed E-state index contributed by atoms with van der Waals surface area (Å²) in [7, 11) is 1.65. The molecule has 1 unspecified atom stereocenters. The number of aromatic nitrogens is 1. The molecular formula is C15H19N3O. The molecule has 1 aromatic heterocycles. The molecule has 1 aromatic carbocycles. The zero-order valence-electron chi connectivity index (χ0n) is 11.5. The summed E-state index contributed by atoms with van der Waals surface area (Å²) in [4.78, 5) is 3.20. The lowest BCUT2D eigenvalue weighted by Gasteiger charge is -2.13. The van der Waals surface area contributed by atoms with E-state index in [9.17, 15) is 5.26 Å². The predicted octanol–water partition coefficient (Wildman–Crippen LogP) is 2.99. The van der Waals surface area contributed by atoms with Crippen LogP contribution in [-0.2, 0) is 0 Å². The number of H-pyrrole nitrogens is 1. The first-order chi connectivity index (χ1) is 9.15. The van der Waals surface area contributed by atoms with E-state index in [-0.39, 0.29) is 6.04 Å².